The van der Waals surface area contributed by atoms with Crippen LogP contribution in [0.3, 0.4) is 0 Å². The molecular formula is C16H24O2. The summed E-state index contributed by atoms with van der Waals surface area (Å²) in [7, 11) is 3.42. The molecule has 1 aromatic rings. The fourth-order valence-electron chi connectivity index (χ4n) is 2.10. The van der Waals surface area contributed by atoms with E-state index < -0.39 is 0 Å². The van der Waals surface area contributed by atoms with Gasteiger partial charge in [0.05, 0.1) is 14.2 Å². The van der Waals surface area contributed by atoms with Gasteiger partial charge in [0.15, 0.2) is 0 Å². The standard InChI is InChI=1S/C16H24O2/c1-5-7-8-9-13(6-2)15-12-14(17-3)10-11-16(15)18-4/h7-8,10-13H,5-6,9H2,1-4H3/b8-7-. The van der Waals surface area contributed by atoms with Gasteiger partial charge >= 0.3 is 0 Å². The Labute approximate surface area is 111 Å². The van der Waals surface area contributed by atoms with Gasteiger partial charge in [-0.1, -0.05) is 26.0 Å². The summed E-state index contributed by atoms with van der Waals surface area (Å²) in [6, 6.07) is 6.02. The molecule has 1 atom stereocenters. The lowest BCUT2D eigenvalue weighted by Gasteiger charge is -2.18. The van der Waals surface area contributed by atoms with E-state index in [1.807, 2.05) is 12.1 Å². The van der Waals surface area contributed by atoms with Crippen molar-refractivity contribution in [3.8, 4) is 11.5 Å². The van der Waals surface area contributed by atoms with Crippen molar-refractivity contribution in [2.24, 2.45) is 0 Å². The van der Waals surface area contributed by atoms with Crippen LogP contribution in [0, 0.1) is 0 Å². The summed E-state index contributed by atoms with van der Waals surface area (Å²) < 4.78 is 10.8. The fourth-order valence-corrected chi connectivity index (χ4v) is 2.10. The molecule has 0 aliphatic rings. The summed E-state index contributed by atoms with van der Waals surface area (Å²) in [6.07, 6.45) is 7.71. The SMILES string of the molecule is CC/C=C\CC(CC)c1cc(OC)ccc1OC. The van der Waals surface area contributed by atoms with Gasteiger partial charge in [-0.2, -0.15) is 0 Å². The molecule has 0 bridgehead atoms. The summed E-state index contributed by atoms with van der Waals surface area (Å²) in [5, 5.41) is 0. The first-order valence-electron chi connectivity index (χ1n) is 6.63. The van der Waals surface area contributed by atoms with Gasteiger partial charge in [-0.25, -0.2) is 0 Å². The maximum Gasteiger partial charge on any atom is 0.122 e. The Morgan fingerprint density at radius 2 is 1.89 bits per heavy atom. The number of methoxy groups -OCH3 is 2. The largest absolute Gasteiger partial charge is 0.497 e. The molecule has 2 heteroatoms. The average Bonchev–Trinajstić information content (AvgIpc) is 2.43. The maximum absolute atomic E-state index is 5.45. The topological polar surface area (TPSA) is 18.5 Å². The van der Waals surface area contributed by atoms with Crippen molar-refractivity contribution in [3.05, 3.63) is 35.9 Å². The molecule has 0 amide bonds. The van der Waals surface area contributed by atoms with Gasteiger partial charge in [-0.3, -0.25) is 0 Å². The van der Waals surface area contributed by atoms with E-state index >= 15 is 0 Å². The van der Waals surface area contributed by atoms with Crippen LogP contribution in [-0.4, -0.2) is 14.2 Å². The second-order valence-electron chi connectivity index (χ2n) is 4.33. The summed E-state index contributed by atoms with van der Waals surface area (Å²) in [5.74, 6) is 2.33. The van der Waals surface area contributed by atoms with Crippen LogP contribution in [0.25, 0.3) is 0 Å². The van der Waals surface area contributed by atoms with Crippen molar-refractivity contribution in [2.45, 2.75) is 39.0 Å². The summed E-state index contributed by atoms with van der Waals surface area (Å²) >= 11 is 0. The third-order valence-corrected chi connectivity index (χ3v) is 3.19. The third-order valence-electron chi connectivity index (χ3n) is 3.19. The van der Waals surface area contributed by atoms with Crippen molar-refractivity contribution >= 4 is 0 Å². The van der Waals surface area contributed by atoms with Crippen LogP contribution in [0.2, 0.25) is 0 Å². The minimum Gasteiger partial charge on any atom is -0.497 e. The van der Waals surface area contributed by atoms with Crippen molar-refractivity contribution in [1.29, 1.82) is 0 Å². The molecule has 0 spiro atoms. The number of hydrogen-bond acceptors (Lipinski definition) is 2. The van der Waals surface area contributed by atoms with Crippen LogP contribution >= 0.6 is 0 Å². The molecule has 0 aromatic heterocycles. The molecule has 0 heterocycles. The summed E-state index contributed by atoms with van der Waals surface area (Å²) in [5.41, 5.74) is 1.24. The monoisotopic (exact) mass is 248 g/mol. The van der Waals surface area contributed by atoms with E-state index in [4.69, 9.17) is 9.47 Å². The average molecular weight is 248 g/mol. The molecule has 1 unspecified atom stereocenters. The molecule has 0 N–H and O–H groups in total. The van der Waals surface area contributed by atoms with Gasteiger partial charge in [0, 0.05) is 5.56 Å². The van der Waals surface area contributed by atoms with Gasteiger partial charge in [-0.05, 0) is 43.4 Å². The highest BCUT2D eigenvalue weighted by Crippen LogP contribution is 2.34. The first-order valence-corrected chi connectivity index (χ1v) is 6.63. The molecule has 0 fully saturated rings. The quantitative estimate of drug-likeness (QED) is 0.659. The Kier molecular flexibility index (Phi) is 6.34. The number of rotatable bonds is 7. The molecular weight excluding hydrogens is 224 g/mol. The van der Waals surface area contributed by atoms with Crippen LogP contribution in [-0.2, 0) is 0 Å². The second kappa shape index (κ2) is 7.80. The van der Waals surface area contributed by atoms with Gasteiger partial charge in [0.25, 0.3) is 0 Å². The van der Waals surface area contributed by atoms with E-state index in [0.29, 0.717) is 5.92 Å². The van der Waals surface area contributed by atoms with Gasteiger partial charge in [0.2, 0.25) is 0 Å². The Balaban J connectivity index is 2.97. The summed E-state index contributed by atoms with van der Waals surface area (Å²) in [4.78, 5) is 0. The number of ether oxygens (including phenoxy) is 2. The van der Waals surface area contributed by atoms with Crippen molar-refractivity contribution in [2.75, 3.05) is 14.2 Å². The zero-order valence-corrected chi connectivity index (χ0v) is 11.9. The molecule has 1 rings (SSSR count). The van der Waals surface area contributed by atoms with Crippen LogP contribution in [0.15, 0.2) is 30.4 Å². The Morgan fingerprint density at radius 3 is 2.44 bits per heavy atom. The van der Waals surface area contributed by atoms with Crippen LogP contribution in [0.5, 0.6) is 11.5 Å². The van der Waals surface area contributed by atoms with Crippen LogP contribution in [0.4, 0.5) is 0 Å². The lowest BCUT2D eigenvalue weighted by molar-refractivity contribution is 0.394. The maximum atomic E-state index is 5.45. The van der Waals surface area contributed by atoms with Crippen LogP contribution < -0.4 is 9.47 Å². The second-order valence-corrected chi connectivity index (χ2v) is 4.33. The highest BCUT2D eigenvalue weighted by molar-refractivity contribution is 5.42. The molecule has 0 saturated heterocycles. The Bertz CT molecular complexity index is 383. The molecule has 100 valence electrons. The smallest absolute Gasteiger partial charge is 0.122 e. The molecule has 18 heavy (non-hydrogen) atoms. The normalized spacial score (nSPS) is 12.7. The molecule has 1 aromatic carbocycles. The van der Waals surface area contributed by atoms with E-state index in [-0.39, 0.29) is 0 Å². The minimum absolute atomic E-state index is 0.484. The van der Waals surface area contributed by atoms with Crippen molar-refractivity contribution < 1.29 is 9.47 Å². The Morgan fingerprint density at radius 1 is 1.11 bits per heavy atom. The van der Waals surface area contributed by atoms with Gasteiger partial charge in [0.1, 0.15) is 11.5 Å². The third kappa shape index (κ3) is 3.80. The van der Waals surface area contributed by atoms with Crippen molar-refractivity contribution in [1.82, 2.24) is 0 Å². The van der Waals surface area contributed by atoms with Gasteiger partial charge in [-0.15, -0.1) is 0 Å². The highest BCUT2D eigenvalue weighted by Gasteiger charge is 2.14. The number of hydrogen-bond donors (Lipinski definition) is 0. The molecule has 0 aliphatic heterocycles. The van der Waals surface area contributed by atoms with Crippen molar-refractivity contribution in [3.63, 3.8) is 0 Å². The van der Waals surface area contributed by atoms with E-state index in [2.05, 4.69) is 32.1 Å². The minimum atomic E-state index is 0.484. The Hall–Kier alpha value is -1.44. The molecule has 2 nitrogen and oxygen atoms in total. The predicted octanol–water partition coefficient (Wildman–Crippen LogP) is 4.55. The van der Waals surface area contributed by atoms with E-state index in [9.17, 15) is 0 Å². The van der Waals surface area contributed by atoms with Gasteiger partial charge < -0.3 is 9.47 Å². The van der Waals surface area contributed by atoms with E-state index in [1.165, 1.54) is 5.56 Å². The lowest BCUT2D eigenvalue weighted by Crippen LogP contribution is -2.00. The molecule has 0 aliphatic carbocycles. The first kappa shape index (κ1) is 14.6. The van der Waals surface area contributed by atoms with E-state index in [1.54, 1.807) is 14.2 Å². The zero-order valence-electron chi connectivity index (χ0n) is 11.9. The fraction of sp³-hybridized carbons (Fsp3) is 0.500. The number of allylic oxidation sites excluding steroid dienone is 2. The first-order chi connectivity index (χ1) is 8.76. The lowest BCUT2D eigenvalue weighted by atomic mass is 9.92. The zero-order chi connectivity index (χ0) is 13.4. The highest BCUT2D eigenvalue weighted by atomic mass is 16.5. The molecule has 0 radical (unpaired) electrons. The number of benzene rings is 1. The van der Waals surface area contributed by atoms with E-state index in [0.717, 1.165) is 30.8 Å². The molecule has 0 saturated carbocycles. The predicted molar refractivity (Wildman–Crippen MR) is 76.6 cm³/mol. The summed E-state index contributed by atoms with van der Waals surface area (Å²) in [6.45, 7) is 4.37. The van der Waals surface area contributed by atoms with Crippen LogP contribution in [0.1, 0.15) is 44.6 Å².